The first kappa shape index (κ1) is 26.9. The maximum Gasteiger partial charge on any atom is 0.257 e. The molecule has 0 aliphatic carbocycles. The van der Waals surface area contributed by atoms with Gasteiger partial charge in [0.15, 0.2) is 5.72 Å². The Morgan fingerprint density at radius 3 is 2.55 bits per heavy atom. The molecular weight excluding hydrogens is 551 g/mol. The van der Waals surface area contributed by atoms with Crippen molar-refractivity contribution in [3.63, 3.8) is 0 Å². The Balaban J connectivity index is 1.38. The van der Waals surface area contributed by atoms with E-state index in [0.29, 0.717) is 52.1 Å². The minimum absolute atomic E-state index is 0.183. The molecule has 2 aliphatic rings. The van der Waals surface area contributed by atoms with Crippen LogP contribution < -0.4 is 0 Å². The summed E-state index contributed by atoms with van der Waals surface area (Å²) in [7, 11) is 1.58. The van der Waals surface area contributed by atoms with E-state index < -0.39 is 11.3 Å². The van der Waals surface area contributed by atoms with Gasteiger partial charge in [0.2, 0.25) is 0 Å². The van der Waals surface area contributed by atoms with Gasteiger partial charge in [-0.1, -0.05) is 52.7 Å². The Kier molecular flexibility index (Phi) is 6.88. The minimum atomic E-state index is -1.22. The molecule has 0 saturated carbocycles. The van der Waals surface area contributed by atoms with Gasteiger partial charge in [-0.25, -0.2) is 4.68 Å². The van der Waals surface area contributed by atoms with Crippen molar-refractivity contribution in [1.29, 1.82) is 0 Å². The van der Waals surface area contributed by atoms with Gasteiger partial charge in [0, 0.05) is 54.7 Å². The predicted molar refractivity (Wildman–Crippen MR) is 150 cm³/mol. The molecule has 2 aromatic heterocycles. The fraction of sp³-hybridized carbons (Fsp3) is 0.310. The quantitative estimate of drug-likeness (QED) is 0.351. The number of β-amino-alcohol motifs (C(OH)–C–C–N with tert-alkyl or cyclic N) is 1. The van der Waals surface area contributed by atoms with Gasteiger partial charge >= 0.3 is 0 Å². The minimum Gasteiger partial charge on any atom is -0.384 e. The monoisotopic (exact) mass is 578 g/mol. The summed E-state index contributed by atoms with van der Waals surface area (Å²) in [6.07, 6.45) is 3.31. The summed E-state index contributed by atoms with van der Waals surface area (Å²) < 4.78 is 8.11. The maximum atomic E-state index is 14.1. The first-order valence-corrected chi connectivity index (χ1v) is 13.7. The molecule has 4 aromatic rings. The molecule has 1 N–H and O–H groups in total. The fourth-order valence-electron chi connectivity index (χ4n) is 5.75. The fourth-order valence-corrected chi connectivity index (χ4v) is 5.99. The lowest BCUT2D eigenvalue weighted by Crippen LogP contribution is -2.45. The molecule has 2 atom stereocenters. The molecule has 9 nitrogen and oxygen atoms in total. The van der Waals surface area contributed by atoms with E-state index in [1.165, 1.54) is 0 Å². The largest absolute Gasteiger partial charge is 0.384 e. The second-order valence-electron chi connectivity index (χ2n) is 10.4. The lowest BCUT2D eigenvalue weighted by atomic mass is 9.88. The predicted octanol–water partition coefficient (Wildman–Crippen LogP) is 4.21. The topological polar surface area (TPSA) is 96.6 Å². The Hall–Kier alpha value is -3.34. The average molecular weight is 579 g/mol. The SMILES string of the molecule is CO[C@]1(c2ccc(Cl)cc2)c2ccc(C(C)(O)CN3CCn4nncc4C3)cc2C(=O)N1Cc1ccc(Cl)cn1. The molecule has 0 saturated heterocycles. The van der Waals surface area contributed by atoms with Crippen LogP contribution in [0.2, 0.25) is 10.0 Å². The van der Waals surface area contributed by atoms with Crippen molar-refractivity contribution in [1.82, 2.24) is 29.8 Å². The summed E-state index contributed by atoms with van der Waals surface area (Å²) >= 11 is 12.3. The zero-order valence-electron chi connectivity index (χ0n) is 22.1. The molecule has 11 heteroatoms. The number of hydrogen-bond donors (Lipinski definition) is 1. The van der Waals surface area contributed by atoms with Crippen LogP contribution >= 0.6 is 23.2 Å². The number of methoxy groups -OCH3 is 1. The third-order valence-corrected chi connectivity index (χ3v) is 8.22. The van der Waals surface area contributed by atoms with E-state index in [2.05, 4.69) is 20.2 Å². The number of carbonyl (C=O) groups excluding carboxylic acids is 1. The first-order chi connectivity index (χ1) is 19.2. The number of pyridine rings is 1. The van der Waals surface area contributed by atoms with Crippen LogP contribution in [0.5, 0.6) is 0 Å². The highest BCUT2D eigenvalue weighted by Crippen LogP contribution is 2.46. The first-order valence-electron chi connectivity index (χ1n) is 12.9. The number of ether oxygens (including phenoxy) is 1. The molecular formula is C29H28Cl2N6O3. The normalized spacial score (nSPS) is 20.3. The van der Waals surface area contributed by atoms with E-state index >= 15 is 0 Å². The molecule has 40 heavy (non-hydrogen) atoms. The molecule has 0 bridgehead atoms. The second kappa shape index (κ2) is 10.2. The Bertz CT molecular complexity index is 1560. The van der Waals surface area contributed by atoms with E-state index in [-0.39, 0.29) is 12.5 Å². The summed E-state index contributed by atoms with van der Waals surface area (Å²) in [4.78, 5) is 22.4. The number of nitrogens with zero attached hydrogens (tertiary/aromatic N) is 6. The van der Waals surface area contributed by atoms with Crippen molar-refractivity contribution >= 4 is 29.1 Å². The highest BCUT2D eigenvalue weighted by atomic mass is 35.5. The van der Waals surface area contributed by atoms with E-state index in [1.54, 1.807) is 61.7 Å². The number of halogens is 2. The summed E-state index contributed by atoms with van der Waals surface area (Å²) in [6, 6.07) is 16.3. The number of aliphatic hydroxyl groups is 1. The van der Waals surface area contributed by atoms with Gasteiger partial charge in [-0.15, -0.1) is 5.10 Å². The molecule has 2 aliphatic heterocycles. The molecule has 0 fully saturated rings. The molecule has 206 valence electrons. The molecule has 2 aromatic carbocycles. The highest BCUT2D eigenvalue weighted by Gasteiger charge is 2.52. The van der Waals surface area contributed by atoms with E-state index in [0.717, 1.165) is 17.8 Å². The van der Waals surface area contributed by atoms with Crippen LogP contribution in [-0.2, 0) is 35.7 Å². The summed E-state index contributed by atoms with van der Waals surface area (Å²) in [5.74, 6) is -0.228. The van der Waals surface area contributed by atoms with Crippen LogP contribution in [0.1, 0.15) is 45.4 Å². The number of hydrogen-bond acceptors (Lipinski definition) is 7. The van der Waals surface area contributed by atoms with Crippen molar-refractivity contribution in [3.8, 4) is 0 Å². The van der Waals surface area contributed by atoms with Crippen LogP contribution in [-0.4, -0.2) is 61.0 Å². The highest BCUT2D eigenvalue weighted by molar-refractivity contribution is 6.30. The molecule has 6 rings (SSSR count). The summed E-state index contributed by atoms with van der Waals surface area (Å²) in [5, 5.41) is 20.8. The lowest BCUT2D eigenvalue weighted by molar-refractivity contribution is -0.0868. The third-order valence-electron chi connectivity index (χ3n) is 7.74. The molecule has 4 heterocycles. The van der Waals surface area contributed by atoms with Crippen molar-refractivity contribution < 1.29 is 14.6 Å². The van der Waals surface area contributed by atoms with E-state index in [9.17, 15) is 9.90 Å². The smallest absolute Gasteiger partial charge is 0.257 e. The van der Waals surface area contributed by atoms with Crippen LogP contribution in [0.25, 0.3) is 0 Å². The van der Waals surface area contributed by atoms with Gasteiger partial charge in [-0.05, 0) is 42.8 Å². The summed E-state index contributed by atoms with van der Waals surface area (Å²) in [5.41, 5.74) is 1.76. The van der Waals surface area contributed by atoms with Gasteiger partial charge in [0.25, 0.3) is 5.91 Å². The number of amides is 1. The second-order valence-corrected chi connectivity index (χ2v) is 11.3. The number of benzene rings is 2. The van der Waals surface area contributed by atoms with Crippen molar-refractivity contribution in [2.45, 2.75) is 37.9 Å². The number of rotatable bonds is 7. The average Bonchev–Trinajstić information content (AvgIpc) is 3.51. The van der Waals surface area contributed by atoms with Crippen LogP contribution in [0, 0.1) is 0 Å². The van der Waals surface area contributed by atoms with Gasteiger partial charge in [-0.2, -0.15) is 0 Å². The van der Waals surface area contributed by atoms with Gasteiger partial charge < -0.3 is 9.84 Å². The van der Waals surface area contributed by atoms with Gasteiger partial charge in [0.05, 0.1) is 41.3 Å². The lowest BCUT2D eigenvalue weighted by Gasteiger charge is -2.38. The molecule has 1 amide bonds. The Morgan fingerprint density at radius 1 is 1.05 bits per heavy atom. The van der Waals surface area contributed by atoms with Crippen LogP contribution in [0.3, 0.4) is 0 Å². The van der Waals surface area contributed by atoms with Crippen LogP contribution in [0.4, 0.5) is 0 Å². The van der Waals surface area contributed by atoms with E-state index in [1.807, 2.05) is 28.9 Å². The van der Waals surface area contributed by atoms with Crippen LogP contribution in [0.15, 0.2) is 67.0 Å². The number of fused-ring (bicyclic) bond motifs is 2. The zero-order chi connectivity index (χ0) is 28.1. The van der Waals surface area contributed by atoms with Gasteiger partial charge in [0.1, 0.15) is 0 Å². The van der Waals surface area contributed by atoms with E-state index in [4.69, 9.17) is 27.9 Å². The molecule has 0 radical (unpaired) electrons. The standard InChI is InChI=1S/C29H28Cl2N6O3/c1-28(39,18-35-11-12-37-24(17-35)15-33-34-37)20-5-10-26-25(13-20)27(38)36(16-23-9-8-22(31)14-32-23)29(26,40-2)19-3-6-21(30)7-4-19/h3-10,13-15,39H,11-12,16-18H2,1-2H3/t28?,29-/m1/s1. The Labute approximate surface area is 241 Å². The third kappa shape index (κ3) is 4.57. The number of carbonyl (C=O) groups is 1. The summed E-state index contributed by atoms with van der Waals surface area (Å²) in [6.45, 7) is 4.42. The maximum absolute atomic E-state index is 14.1. The zero-order valence-corrected chi connectivity index (χ0v) is 23.6. The molecule has 0 spiro atoms. The van der Waals surface area contributed by atoms with Crippen molar-refractivity contribution in [2.24, 2.45) is 0 Å². The van der Waals surface area contributed by atoms with Gasteiger partial charge in [-0.3, -0.25) is 19.6 Å². The molecule has 1 unspecified atom stereocenters. The van der Waals surface area contributed by atoms with Crippen molar-refractivity contribution in [2.75, 3.05) is 20.2 Å². The van der Waals surface area contributed by atoms with Crippen molar-refractivity contribution in [3.05, 3.63) is 111 Å². The Morgan fingerprint density at radius 2 is 1.82 bits per heavy atom. The number of aromatic nitrogens is 4.